The molecule has 1 aromatic heterocycles. The molecule has 0 aliphatic rings. The number of nitrogens with zero attached hydrogens (tertiary/aromatic N) is 1. The predicted octanol–water partition coefficient (Wildman–Crippen LogP) is 1.63. The fourth-order valence-electron chi connectivity index (χ4n) is 1.23. The summed E-state index contributed by atoms with van der Waals surface area (Å²) in [5.74, 6) is 5.33. The van der Waals surface area contributed by atoms with Gasteiger partial charge < -0.3 is 0 Å². The number of carbonyl (C=O) groups excluding carboxylic acids is 1. The van der Waals surface area contributed by atoms with Gasteiger partial charge in [0, 0.05) is 16.7 Å². The molecule has 0 aromatic carbocycles. The summed E-state index contributed by atoms with van der Waals surface area (Å²) < 4.78 is 0. The van der Waals surface area contributed by atoms with Crippen molar-refractivity contribution in [3.05, 3.63) is 29.1 Å². The first kappa shape index (κ1) is 13.6. The molecule has 17 heavy (non-hydrogen) atoms. The van der Waals surface area contributed by atoms with E-state index in [0.717, 1.165) is 12.0 Å². The van der Waals surface area contributed by atoms with Crippen molar-refractivity contribution in [2.75, 3.05) is 0 Å². The molecule has 0 N–H and O–H groups in total. The van der Waals surface area contributed by atoms with Crippen LogP contribution in [0.15, 0.2) is 12.1 Å². The molecule has 1 aromatic rings. The van der Waals surface area contributed by atoms with E-state index < -0.39 is 5.72 Å². The van der Waals surface area contributed by atoms with Crippen LogP contribution in [0.25, 0.3) is 0 Å². The van der Waals surface area contributed by atoms with Gasteiger partial charge in [0.05, 0.1) is 15.7 Å². The van der Waals surface area contributed by atoms with Crippen LogP contribution in [0, 0.1) is 11.8 Å². The highest BCUT2D eigenvalue weighted by Gasteiger charge is 2.16. The van der Waals surface area contributed by atoms with E-state index in [0.29, 0.717) is 11.3 Å². The van der Waals surface area contributed by atoms with E-state index in [9.17, 15) is 4.79 Å². The second-order valence-electron chi connectivity index (χ2n) is 4.80. The highest BCUT2D eigenvalue weighted by Crippen LogP contribution is 2.20. The van der Waals surface area contributed by atoms with Crippen LogP contribution < -0.4 is 0 Å². The van der Waals surface area contributed by atoms with Crippen LogP contribution in [0.3, 0.4) is 0 Å². The molecular weight excluding hydrogens is 208 g/mol. The van der Waals surface area contributed by atoms with Crippen LogP contribution in [0.1, 0.15) is 42.5 Å². The first-order valence-corrected chi connectivity index (χ1v) is 5.34. The van der Waals surface area contributed by atoms with Gasteiger partial charge in [-0.1, -0.05) is 26.5 Å². The highest BCUT2D eigenvalue weighted by molar-refractivity contribution is 6.37. The molecule has 1 heterocycles. The van der Waals surface area contributed by atoms with Crippen LogP contribution in [-0.4, -0.2) is 27.0 Å². The van der Waals surface area contributed by atoms with Gasteiger partial charge in [-0.15, -0.1) is 5.92 Å². The Morgan fingerprint density at radius 1 is 1.35 bits per heavy atom. The molecule has 0 saturated carbocycles. The van der Waals surface area contributed by atoms with Gasteiger partial charge in [0.15, 0.2) is 6.29 Å². The summed E-state index contributed by atoms with van der Waals surface area (Å²) in [6.07, 6.45) is 0.728. The molecule has 2 nitrogen and oxygen atoms in total. The Labute approximate surface area is 105 Å². The molecule has 0 aliphatic carbocycles. The second-order valence-corrected chi connectivity index (χ2v) is 4.80. The fraction of sp³-hybridized carbons (Fsp3) is 0.385. The lowest BCUT2D eigenvalue weighted by molar-refractivity contribution is 0.112. The van der Waals surface area contributed by atoms with E-state index in [-0.39, 0.29) is 5.41 Å². The molecule has 0 aliphatic heterocycles. The molecule has 0 unspecified atom stereocenters. The highest BCUT2D eigenvalue weighted by atomic mass is 16.1. The van der Waals surface area contributed by atoms with Gasteiger partial charge in [-0.3, -0.25) is 4.79 Å². The standard InChI is InChI=1S/C13H13B2NO/c1-13(2,3)11-6-4-9(8-17)10(16-11)5-7-12(14)15/h4,6,8,12H,1-3H3. The van der Waals surface area contributed by atoms with Crippen molar-refractivity contribution in [3.63, 3.8) is 0 Å². The number of pyridine rings is 1. The van der Waals surface area contributed by atoms with Crippen LogP contribution in [0.4, 0.5) is 0 Å². The third-order valence-corrected chi connectivity index (χ3v) is 2.18. The molecule has 0 atom stereocenters. The Bertz CT molecular complexity index is 478. The molecule has 4 radical (unpaired) electrons. The minimum absolute atomic E-state index is 0.0946. The maximum Gasteiger partial charge on any atom is 0.152 e. The first-order chi connectivity index (χ1) is 7.84. The van der Waals surface area contributed by atoms with Crippen molar-refractivity contribution in [1.29, 1.82) is 0 Å². The summed E-state index contributed by atoms with van der Waals surface area (Å²) in [6.45, 7) is 6.13. The number of aromatic nitrogens is 1. The molecule has 0 bridgehead atoms. The van der Waals surface area contributed by atoms with Crippen molar-refractivity contribution in [3.8, 4) is 11.8 Å². The second kappa shape index (κ2) is 5.23. The van der Waals surface area contributed by atoms with E-state index in [1.54, 1.807) is 6.07 Å². The summed E-state index contributed by atoms with van der Waals surface area (Å²) in [5.41, 5.74) is 0.926. The fourth-order valence-corrected chi connectivity index (χ4v) is 1.23. The Morgan fingerprint density at radius 2 is 2.00 bits per heavy atom. The van der Waals surface area contributed by atoms with Gasteiger partial charge in [-0.25, -0.2) is 4.98 Å². The maximum atomic E-state index is 10.9. The summed E-state index contributed by atoms with van der Waals surface area (Å²) in [6, 6.07) is 3.55. The zero-order valence-corrected chi connectivity index (χ0v) is 10.3. The lowest BCUT2D eigenvalue weighted by atomic mass is 9.71. The van der Waals surface area contributed by atoms with Crippen LogP contribution >= 0.6 is 0 Å². The predicted molar refractivity (Wildman–Crippen MR) is 70.5 cm³/mol. The van der Waals surface area contributed by atoms with E-state index in [1.165, 1.54) is 0 Å². The van der Waals surface area contributed by atoms with Crippen LogP contribution in [0.2, 0.25) is 5.72 Å². The van der Waals surface area contributed by atoms with Gasteiger partial charge in [0.2, 0.25) is 0 Å². The minimum Gasteiger partial charge on any atom is -0.298 e. The molecular formula is C13H13B2NO. The largest absolute Gasteiger partial charge is 0.298 e. The Hall–Kier alpha value is -1.49. The topological polar surface area (TPSA) is 30.0 Å². The van der Waals surface area contributed by atoms with Crippen LogP contribution in [0.5, 0.6) is 0 Å². The Balaban J connectivity index is 3.27. The molecule has 82 valence electrons. The molecule has 0 saturated heterocycles. The smallest absolute Gasteiger partial charge is 0.152 e. The molecule has 0 amide bonds. The number of carbonyl (C=O) groups is 1. The van der Waals surface area contributed by atoms with Gasteiger partial charge in [-0.2, -0.15) is 0 Å². The Kier molecular flexibility index (Phi) is 4.17. The lowest BCUT2D eigenvalue weighted by Crippen LogP contribution is -2.14. The summed E-state index contributed by atoms with van der Waals surface area (Å²) in [5, 5.41) is 0. The van der Waals surface area contributed by atoms with Gasteiger partial charge in [-0.05, 0) is 18.1 Å². The molecule has 4 heteroatoms. The zero-order valence-electron chi connectivity index (χ0n) is 10.3. The summed E-state index contributed by atoms with van der Waals surface area (Å²) >= 11 is 0. The van der Waals surface area contributed by atoms with Gasteiger partial charge in [0.25, 0.3) is 0 Å². The number of rotatable bonds is 1. The molecule has 1 rings (SSSR count). The zero-order chi connectivity index (χ0) is 13.1. The lowest BCUT2D eigenvalue weighted by Gasteiger charge is -2.18. The minimum atomic E-state index is -0.727. The van der Waals surface area contributed by atoms with Gasteiger partial charge >= 0.3 is 0 Å². The SMILES string of the molecule is [B]C([B])C#Cc1nc(C(C)(C)C)ccc1C=O. The third kappa shape index (κ3) is 3.78. The van der Waals surface area contributed by atoms with Crippen molar-refractivity contribution in [1.82, 2.24) is 4.98 Å². The van der Waals surface area contributed by atoms with Crippen molar-refractivity contribution >= 4 is 22.0 Å². The number of hydrogen-bond donors (Lipinski definition) is 0. The van der Waals surface area contributed by atoms with Crippen LogP contribution in [-0.2, 0) is 5.41 Å². The third-order valence-electron chi connectivity index (χ3n) is 2.18. The van der Waals surface area contributed by atoms with Crippen molar-refractivity contribution in [2.24, 2.45) is 0 Å². The first-order valence-electron chi connectivity index (χ1n) is 5.34. The maximum absolute atomic E-state index is 10.9. The average molecular weight is 221 g/mol. The van der Waals surface area contributed by atoms with E-state index in [2.05, 4.69) is 16.8 Å². The quantitative estimate of drug-likeness (QED) is 0.409. The average Bonchev–Trinajstić information content (AvgIpc) is 2.24. The van der Waals surface area contributed by atoms with E-state index in [1.807, 2.05) is 26.8 Å². The summed E-state index contributed by atoms with van der Waals surface area (Å²) in [7, 11) is 10.7. The summed E-state index contributed by atoms with van der Waals surface area (Å²) in [4.78, 5) is 15.2. The molecule has 0 fully saturated rings. The van der Waals surface area contributed by atoms with Crippen molar-refractivity contribution < 1.29 is 4.79 Å². The normalized spacial score (nSPS) is 10.8. The monoisotopic (exact) mass is 221 g/mol. The van der Waals surface area contributed by atoms with Gasteiger partial charge in [0.1, 0.15) is 5.69 Å². The number of aldehydes is 1. The Morgan fingerprint density at radius 3 is 2.47 bits per heavy atom. The molecule has 0 spiro atoms. The van der Waals surface area contributed by atoms with E-state index in [4.69, 9.17) is 15.7 Å². The number of hydrogen-bond acceptors (Lipinski definition) is 2. The van der Waals surface area contributed by atoms with Crippen molar-refractivity contribution in [2.45, 2.75) is 31.9 Å². The van der Waals surface area contributed by atoms with E-state index >= 15 is 0 Å².